The zero-order chi connectivity index (χ0) is 17.5. The number of amides is 1. The molecule has 1 N–H and O–H groups in total. The number of aromatic nitrogens is 3. The van der Waals surface area contributed by atoms with Crippen LogP contribution in [0.2, 0.25) is 0 Å². The van der Waals surface area contributed by atoms with E-state index in [1.54, 1.807) is 18.3 Å². The van der Waals surface area contributed by atoms with Gasteiger partial charge in [-0.05, 0) is 47.3 Å². The Kier molecular flexibility index (Phi) is 4.37. The van der Waals surface area contributed by atoms with Crippen molar-refractivity contribution in [2.75, 3.05) is 5.32 Å². The van der Waals surface area contributed by atoms with Crippen LogP contribution >= 0.6 is 15.9 Å². The van der Waals surface area contributed by atoms with Gasteiger partial charge < -0.3 is 5.32 Å². The van der Waals surface area contributed by atoms with Crippen LogP contribution in [0.25, 0.3) is 0 Å². The van der Waals surface area contributed by atoms with Crippen LogP contribution < -0.4 is 5.32 Å². The van der Waals surface area contributed by atoms with Crippen molar-refractivity contribution in [2.45, 2.75) is 38.4 Å². The zero-order valence-corrected chi connectivity index (χ0v) is 14.3. The molecule has 3 rings (SSSR count). The second-order valence-corrected chi connectivity index (χ2v) is 6.54. The monoisotopic (exact) mass is 402 g/mol. The van der Waals surface area contributed by atoms with Gasteiger partial charge in [0.25, 0.3) is 0 Å². The average molecular weight is 403 g/mol. The van der Waals surface area contributed by atoms with Crippen LogP contribution in [0, 0.1) is 6.92 Å². The van der Waals surface area contributed by atoms with Crippen LogP contribution in [-0.4, -0.2) is 20.7 Å². The molecule has 2 heterocycles. The molecule has 0 atom stereocenters. The van der Waals surface area contributed by atoms with Crippen molar-refractivity contribution in [1.82, 2.24) is 14.8 Å². The zero-order valence-electron chi connectivity index (χ0n) is 12.7. The van der Waals surface area contributed by atoms with Crippen molar-refractivity contribution < 1.29 is 18.0 Å². The first-order chi connectivity index (χ1) is 11.3. The van der Waals surface area contributed by atoms with Gasteiger partial charge in [0, 0.05) is 12.1 Å². The summed E-state index contributed by atoms with van der Waals surface area (Å²) in [6.45, 7) is 1.57. The predicted octanol–water partition coefficient (Wildman–Crippen LogP) is 3.88. The quantitative estimate of drug-likeness (QED) is 0.843. The van der Waals surface area contributed by atoms with E-state index in [1.165, 1.54) is 0 Å². The lowest BCUT2D eigenvalue weighted by molar-refractivity contribution is -0.142. The van der Waals surface area contributed by atoms with Crippen LogP contribution in [0.5, 0.6) is 0 Å². The number of nitrogens with zero attached hydrogens (tertiary/aromatic N) is 3. The molecule has 0 aliphatic heterocycles. The van der Waals surface area contributed by atoms with Crippen LogP contribution in [0.4, 0.5) is 19.0 Å². The molecule has 5 nitrogen and oxygen atoms in total. The number of halogens is 4. The number of pyridine rings is 1. The first-order valence-electron chi connectivity index (χ1n) is 7.31. The Morgan fingerprint density at radius 1 is 1.42 bits per heavy atom. The van der Waals surface area contributed by atoms with Gasteiger partial charge >= 0.3 is 6.18 Å². The maximum Gasteiger partial charge on any atom is 0.436 e. The van der Waals surface area contributed by atoms with Crippen molar-refractivity contribution in [2.24, 2.45) is 0 Å². The van der Waals surface area contributed by atoms with Gasteiger partial charge in [0.1, 0.15) is 12.4 Å². The Hall–Kier alpha value is -1.90. The molecular weight excluding hydrogens is 389 g/mol. The van der Waals surface area contributed by atoms with E-state index in [9.17, 15) is 18.0 Å². The first-order valence-corrected chi connectivity index (χ1v) is 8.11. The molecule has 0 aromatic carbocycles. The first kappa shape index (κ1) is 16.9. The van der Waals surface area contributed by atoms with Gasteiger partial charge in [0.15, 0.2) is 5.69 Å². The minimum Gasteiger partial charge on any atom is -0.309 e. The van der Waals surface area contributed by atoms with Gasteiger partial charge in [-0.25, -0.2) is 4.98 Å². The Balaban J connectivity index is 1.81. The molecule has 0 spiro atoms. The fourth-order valence-electron chi connectivity index (χ4n) is 2.36. The van der Waals surface area contributed by atoms with Gasteiger partial charge in [0.05, 0.1) is 10.2 Å². The molecule has 2 aromatic rings. The third kappa shape index (κ3) is 3.61. The van der Waals surface area contributed by atoms with Crippen molar-refractivity contribution >= 4 is 27.7 Å². The van der Waals surface area contributed by atoms with Crippen molar-refractivity contribution in [3.05, 3.63) is 39.8 Å². The van der Waals surface area contributed by atoms with Gasteiger partial charge in [-0.3, -0.25) is 9.48 Å². The molecular formula is C15H14BrF3N4O. The van der Waals surface area contributed by atoms with E-state index in [1.807, 2.05) is 6.92 Å². The van der Waals surface area contributed by atoms with E-state index in [0.717, 1.165) is 23.1 Å². The van der Waals surface area contributed by atoms with Crippen molar-refractivity contribution in [3.8, 4) is 0 Å². The number of hydrogen-bond donors (Lipinski definition) is 1. The molecule has 2 aromatic heterocycles. The highest BCUT2D eigenvalue weighted by atomic mass is 79.9. The average Bonchev–Trinajstić information content (AvgIpc) is 3.25. The van der Waals surface area contributed by atoms with E-state index in [2.05, 4.69) is 31.3 Å². The summed E-state index contributed by atoms with van der Waals surface area (Å²) in [5.74, 6) is -0.119. The molecule has 1 amide bonds. The smallest absolute Gasteiger partial charge is 0.309 e. The molecule has 128 valence electrons. The SMILES string of the molecule is Cc1ccc(NC(=O)Cn2nc(C(F)(F)F)c(Br)c2C2CC2)nc1. The Labute approximate surface area is 144 Å². The molecule has 1 aliphatic carbocycles. The summed E-state index contributed by atoms with van der Waals surface area (Å²) in [5, 5.41) is 6.17. The topological polar surface area (TPSA) is 59.8 Å². The number of anilines is 1. The lowest BCUT2D eigenvalue weighted by atomic mass is 10.2. The van der Waals surface area contributed by atoms with Crippen molar-refractivity contribution in [3.63, 3.8) is 0 Å². The predicted molar refractivity (Wildman–Crippen MR) is 84.5 cm³/mol. The molecule has 0 saturated heterocycles. The van der Waals surface area contributed by atoms with Crippen LogP contribution in [0.3, 0.4) is 0 Å². The van der Waals surface area contributed by atoms with E-state index >= 15 is 0 Å². The minimum absolute atomic E-state index is 0.00766. The highest BCUT2D eigenvalue weighted by molar-refractivity contribution is 9.10. The molecule has 0 bridgehead atoms. The highest BCUT2D eigenvalue weighted by Gasteiger charge is 2.41. The Bertz CT molecular complexity index is 766. The number of rotatable bonds is 4. The number of carbonyl (C=O) groups excluding carboxylic acids is 1. The standard InChI is InChI=1S/C15H14BrF3N4O/c1-8-2-5-10(20-6-8)21-11(24)7-23-13(9-3-4-9)12(16)14(22-23)15(17,18)19/h2,5-6,9H,3-4,7H2,1H3,(H,20,21,24). The number of aryl methyl sites for hydroxylation is 1. The summed E-state index contributed by atoms with van der Waals surface area (Å²) in [6, 6.07) is 3.42. The number of hydrogen-bond acceptors (Lipinski definition) is 3. The summed E-state index contributed by atoms with van der Waals surface area (Å²) in [5.41, 5.74) is 0.370. The van der Waals surface area contributed by atoms with Gasteiger partial charge in [-0.1, -0.05) is 6.07 Å². The summed E-state index contributed by atoms with van der Waals surface area (Å²) in [7, 11) is 0. The molecule has 1 aliphatic rings. The van der Waals surface area contributed by atoms with Gasteiger partial charge in [-0.2, -0.15) is 18.3 Å². The maximum absolute atomic E-state index is 13.0. The molecule has 9 heteroatoms. The van der Waals surface area contributed by atoms with Gasteiger partial charge in [0.2, 0.25) is 5.91 Å². The summed E-state index contributed by atoms with van der Waals surface area (Å²) in [6.07, 6.45) is -1.38. The maximum atomic E-state index is 13.0. The second-order valence-electron chi connectivity index (χ2n) is 5.75. The number of nitrogens with one attached hydrogen (secondary N) is 1. The van der Waals surface area contributed by atoms with E-state index in [-0.39, 0.29) is 16.9 Å². The fraction of sp³-hybridized carbons (Fsp3) is 0.400. The summed E-state index contributed by atoms with van der Waals surface area (Å²) in [4.78, 5) is 16.2. The molecule has 0 unspecified atom stereocenters. The fourth-order valence-corrected chi connectivity index (χ4v) is 3.19. The molecule has 1 saturated carbocycles. The van der Waals surface area contributed by atoms with Crippen LogP contribution in [0.15, 0.2) is 22.8 Å². The molecule has 1 fully saturated rings. The third-order valence-electron chi connectivity index (χ3n) is 3.64. The lowest BCUT2D eigenvalue weighted by Crippen LogP contribution is -2.21. The number of alkyl halides is 3. The lowest BCUT2D eigenvalue weighted by Gasteiger charge is -2.08. The Morgan fingerprint density at radius 2 is 2.12 bits per heavy atom. The molecule has 24 heavy (non-hydrogen) atoms. The highest BCUT2D eigenvalue weighted by Crippen LogP contribution is 2.46. The van der Waals surface area contributed by atoms with E-state index in [4.69, 9.17) is 0 Å². The van der Waals surface area contributed by atoms with Gasteiger partial charge in [-0.15, -0.1) is 0 Å². The van der Waals surface area contributed by atoms with E-state index < -0.39 is 17.8 Å². The van der Waals surface area contributed by atoms with Crippen molar-refractivity contribution in [1.29, 1.82) is 0 Å². The third-order valence-corrected chi connectivity index (χ3v) is 4.42. The summed E-state index contributed by atoms with van der Waals surface area (Å²) < 4.78 is 40.2. The molecule has 0 radical (unpaired) electrons. The Morgan fingerprint density at radius 3 is 2.67 bits per heavy atom. The normalized spacial score (nSPS) is 14.7. The minimum atomic E-state index is -4.57. The summed E-state index contributed by atoms with van der Waals surface area (Å²) >= 11 is 3.00. The van der Waals surface area contributed by atoms with E-state index in [0.29, 0.717) is 11.5 Å². The number of carbonyl (C=O) groups is 1. The largest absolute Gasteiger partial charge is 0.436 e. The van der Waals surface area contributed by atoms with Crippen LogP contribution in [0.1, 0.15) is 35.7 Å². The van der Waals surface area contributed by atoms with Crippen LogP contribution in [-0.2, 0) is 17.5 Å². The second kappa shape index (κ2) is 6.19.